The fourth-order valence-electron chi connectivity index (χ4n) is 1.49. The Morgan fingerprint density at radius 1 is 1.31 bits per heavy atom. The molecule has 0 aliphatic rings. The molecule has 1 aromatic carbocycles. The van der Waals surface area contributed by atoms with E-state index in [0.717, 1.165) is 21.5 Å². The van der Waals surface area contributed by atoms with Crippen LogP contribution in [0, 0.1) is 0 Å². The second-order valence-electron chi connectivity index (χ2n) is 3.29. The minimum Gasteiger partial charge on any atom is -0.397 e. The average Bonchev–Trinajstić information content (AvgIpc) is 2.62. The maximum atomic E-state index is 8.81. The number of aromatic nitrogens is 1. The van der Waals surface area contributed by atoms with Crippen LogP contribution in [0.4, 0.5) is 0 Å². The van der Waals surface area contributed by atoms with Crippen molar-refractivity contribution in [2.75, 3.05) is 13.2 Å². The molecule has 0 saturated carbocycles. The van der Waals surface area contributed by atoms with Gasteiger partial charge < -0.3 is 15.2 Å². The van der Waals surface area contributed by atoms with Gasteiger partial charge >= 0.3 is 0 Å². The number of H-pyrrole nitrogens is 1. The molecule has 4 heteroatoms. The van der Waals surface area contributed by atoms with E-state index in [9.17, 15) is 0 Å². The predicted molar refractivity (Wildman–Crippen MR) is 66.9 cm³/mol. The Balaban J connectivity index is 0.000000386. The number of hydrogen-bond donors (Lipinski definition) is 3. The highest BCUT2D eigenvalue weighted by atomic mass is 35.5. The third kappa shape index (κ3) is 3.23. The highest BCUT2D eigenvalue weighted by Gasteiger charge is 2.02. The summed E-state index contributed by atoms with van der Waals surface area (Å²) >= 11 is 5.84. The smallest absolute Gasteiger partial charge is 0.0472 e. The van der Waals surface area contributed by atoms with E-state index in [4.69, 9.17) is 21.8 Å². The van der Waals surface area contributed by atoms with Gasteiger partial charge in [-0.15, -0.1) is 0 Å². The first kappa shape index (κ1) is 13.0. The van der Waals surface area contributed by atoms with E-state index in [1.807, 2.05) is 24.4 Å². The SMILES string of the molecule is CCO.OCCc1c[nH]c2cc(Cl)ccc12. The van der Waals surface area contributed by atoms with Crippen LogP contribution >= 0.6 is 11.6 Å². The van der Waals surface area contributed by atoms with E-state index >= 15 is 0 Å². The Morgan fingerprint density at radius 2 is 2.00 bits per heavy atom. The van der Waals surface area contributed by atoms with E-state index in [2.05, 4.69) is 4.98 Å². The maximum Gasteiger partial charge on any atom is 0.0472 e. The fourth-order valence-corrected chi connectivity index (χ4v) is 1.66. The van der Waals surface area contributed by atoms with Crippen LogP contribution in [-0.4, -0.2) is 28.4 Å². The fraction of sp³-hybridized carbons (Fsp3) is 0.333. The zero-order valence-electron chi connectivity index (χ0n) is 9.20. The number of fused-ring (bicyclic) bond motifs is 1. The monoisotopic (exact) mass is 241 g/mol. The lowest BCUT2D eigenvalue weighted by molar-refractivity contribution is 0.300. The summed E-state index contributed by atoms with van der Waals surface area (Å²) in [5.41, 5.74) is 2.16. The van der Waals surface area contributed by atoms with Crippen molar-refractivity contribution in [2.45, 2.75) is 13.3 Å². The Hall–Kier alpha value is -1.03. The number of rotatable bonds is 2. The van der Waals surface area contributed by atoms with Crippen molar-refractivity contribution in [3.8, 4) is 0 Å². The molecule has 16 heavy (non-hydrogen) atoms. The Kier molecular flexibility index (Phi) is 5.32. The minimum atomic E-state index is 0.176. The van der Waals surface area contributed by atoms with Crippen LogP contribution in [0.15, 0.2) is 24.4 Å². The third-order valence-corrected chi connectivity index (χ3v) is 2.35. The predicted octanol–water partition coefficient (Wildman–Crippen LogP) is 2.35. The summed E-state index contributed by atoms with van der Waals surface area (Å²) in [5.74, 6) is 0. The van der Waals surface area contributed by atoms with E-state index in [-0.39, 0.29) is 13.2 Å². The topological polar surface area (TPSA) is 56.2 Å². The van der Waals surface area contributed by atoms with E-state index in [1.54, 1.807) is 6.92 Å². The van der Waals surface area contributed by atoms with Crippen LogP contribution in [0.25, 0.3) is 10.9 Å². The van der Waals surface area contributed by atoms with Gasteiger partial charge in [0.15, 0.2) is 0 Å². The maximum absolute atomic E-state index is 8.81. The van der Waals surface area contributed by atoms with Crippen molar-refractivity contribution in [2.24, 2.45) is 0 Å². The van der Waals surface area contributed by atoms with Crippen molar-refractivity contribution in [3.63, 3.8) is 0 Å². The van der Waals surface area contributed by atoms with Gasteiger partial charge in [0.1, 0.15) is 0 Å². The van der Waals surface area contributed by atoms with Crippen molar-refractivity contribution in [1.29, 1.82) is 0 Å². The van der Waals surface area contributed by atoms with E-state index < -0.39 is 0 Å². The number of aliphatic hydroxyl groups excluding tert-OH is 2. The van der Waals surface area contributed by atoms with Gasteiger partial charge in [-0.25, -0.2) is 0 Å². The minimum absolute atomic E-state index is 0.176. The quantitative estimate of drug-likeness (QED) is 0.756. The average molecular weight is 242 g/mol. The number of halogens is 1. The van der Waals surface area contributed by atoms with Crippen LogP contribution in [0.1, 0.15) is 12.5 Å². The Labute approximate surface area is 99.7 Å². The number of nitrogens with one attached hydrogen (secondary N) is 1. The molecule has 0 spiro atoms. The third-order valence-electron chi connectivity index (χ3n) is 2.11. The van der Waals surface area contributed by atoms with Gasteiger partial charge in [0.05, 0.1) is 0 Å². The molecule has 2 aromatic rings. The molecule has 0 atom stereocenters. The molecular formula is C12H16ClNO2. The molecule has 1 aromatic heterocycles. The van der Waals surface area contributed by atoms with Crippen LogP contribution in [0.5, 0.6) is 0 Å². The van der Waals surface area contributed by atoms with Crippen molar-refractivity contribution in [3.05, 3.63) is 35.0 Å². The first-order chi connectivity index (χ1) is 7.72. The number of aliphatic hydroxyl groups is 2. The molecule has 0 aliphatic heterocycles. The van der Waals surface area contributed by atoms with Crippen LogP contribution in [0.3, 0.4) is 0 Å². The summed E-state index contributed by atoms with van der Waals surface area (Å²) in [4.78, 5) is 3.12. The molecule has 0 aliphatic carbocycles. The largest absolute Gasteiger partial charge is 0.397 e. The standard InChI is InChI=1S/C10H10ClNO.C2H6O/c11-8-1-2-9-7(3-4-13)6-12-10(9)5-8;1-2-3/h1-2,5-6,12-13H,3-4H2;3H,2H2,1H3. The van der Waals surface area contributed by atoms with E-state index in [1.165, 1.54) is 0 Å². The van der Waals surface area contributed by atoms with Gasteiger partial charge in [-0.3, -0.25) is 0 Å². The summed E-state index contributed by atoms with van der Waals surface area (Å²) in [5, 5.41) is 18.2. The Bertz CT molecular complexity index is 440. The van der Waals surface area contributed by atoms with Crippen LogP contribution < -0.4 is 0 Å². The Morgan fingerprint density at radius 3 is 2.62 bits per heavy atom. The molecule has 0 bridgehead atoms. The lowest BCUT2D eigenvalue weighted by atomic mass is 10.1. The molecule has 0 amide bonds. The molecule has 3 nitrogen and oxygen atoms in total. The molecule has 88 valence electrons. The highest BCUT2D eigenvalue weighted by Crippen LogP contribution is 2.21. The van der Waals surface area contributed by atoms with Crippen molar-refractivity contribution < 1.29 is 10.2 Å². The first-order valence-electron chi connectivity index (χ1n) is 5.20. The molecule has 1 heterocycles. The van der Waals surface area contributed by atoms with Crippen molar-refractivity contribution in [1.82, 2.24) is 4.98 Å². The highest BCUT2D eigenvalue weighted by molar-refractivity contribution is 6.31. The van der Waals surface area contributed by atoms with Crippen LogP contribution in [0.2, 0.25) is 5.02 Å². The van der Waals surface area contributed by atoms with Gasteiger partial charge in [-0.1, -0.05) is 17.7 Å². The summed E-state index contributed by atoms with van der Waals surface area (Å²) in [6.45, 7) is 2.11. The number of benzene rings is 1. The second kappa shape index (κ2) is 6.53. The summed E-state index contributed by atoms with van der Waals surface area (Å²) in [6, 6.07) is 5.72. The van der Waals surface area contributed by atoms with Gasteiger partial charge in [-0.05, 0) is 31.0 Å². The zero-order chi connectivity index (χ0) is 12.0. The van der Waals surface area contributed by atoms with Crippen molar-refractivity contribution >= 4 is 22.5 Å². The summed E-state index contributed by atoms with van der Waals surface area (Å²) in [6.07, 6.45) is 2.60. The lowest BCUT2D eigenvalue weighted by Gasteiger charge is -1.95. The van der Waals surface area contributed by atoms with Gasteiger partial charge in [0, 0.05) is 35.3 Å². The molecule has 0 radical (unpaired) electrons. The second-order valence-corrected chi connectivity index (χ2v) is 3.73. The summed E-state index contributed by atoms with van der Waals surface area (Å²) < 4.78 is 0. The molecule has 0 unspecified atom stereocenters. The molecule has 0 saturated heterocycles. The van der Waals surface area contributed by atoms with Gasteiger partial charge in [0.25, 0.3) is 0 Å². The first-order valence-corrected chi connectivity index (χ1v) is 5.58. The molecular weight excluding hydrogens is 226 g/mol. The number of hydrogen-bond acceptors (Lipinski definition) is 2. The van der Waals surface area contributed by atoms with Gasteiger partial charge in [-0.2, -0.15) is 0 Å². The van der Waals surface area contributed by atoms with Gasteiger partial charge in [0.2, 0.25) is 0 Å². The zero-order valence-corrected chi connectivity index (χ0v) is 9.96. The normalized spacial score (nSPS) is 10.0. The molecule has 3 N–H and O–H groups in total. The summed E-state index contributed by atoms with van der Waals surface area (Å²) in [7, 11) is 0. The van der Waals surface area contributed by atoms with Crippen LogP contribution in [-0.2, 0) is 6.42 Å². The molecule has 2 rings (SSSR count). The van der Waals surface area contributed by atoms with E-state index in [0.29, 0.717) is 6.42 Å². The number of aromatic amines is 1. The molecule has 0 fully saturated rings. The lowest BCUT2D eigenvalue weighted by Crippen LogP contribution is -1.87.